The molecule has 0 saturated carbocycles. The lowest BCUT2D eigenvalue weighted by molar-refractivity contribution is -0.137. The molecule has 0 bridgehead atoms. The highest BCUT2D eigenvalue weighted by atomic mass is 35.5. The van der Waals surface area contributed by atoms with E-state index in [1.54, 1.807) is 24.3 Å². The Morgan fingerprint density at radius 1 is 1.23 bits per heavy atom. The number of rotatable bonds is 6. The van der Waals surface area contributed by atoms with Gasteiger partial charge in [0.15, 0.2) is 0 Å². The largest absolute Gasteiger partial charge is 0.481 e. The van der Waals surface area contributed by atoms with E-state index in [4.69, 9.17) is 27.5 Å². The first-order valence-corrected chi connectivity index (χ1v) is 7.66. The molecule has 1 heterocycles. The predicted molar refractivity (Wildman–Crippen MR) is 85.8 cm³/mol. The fourth-order valence-electron chi connectivity index (χ4n) is 2.13. The van der Waals surface area contributed by atoms with Gasteiger partial charge in [-0.25, -0.2) is 4.79 Å². The van der Waals surface area contributed by atoms with E-state index in [2.05, 4.69) is 0 Å². The molecular formula is C15H14ClNO4S. The summed E-state index contributed by atoms with van der Waals surface area (Å²) in [6.45, 7) is 0.207. The van der Waals surface area contributed by atoms with Crippen LogP contribution in [0.4, 0.5) is 0 Å². The Hall–Kier alpha value is -1.89. The maximum Gasteiger partial charge on any atom is 0.345 e. The average Bonchev–Trinajstić information content (AvgIpc) is 2.95. The number of carbonyl (C=O) groups is 2. The molecule has 0 aliphatic rings. The molecule has 1 aromatic heterocycles. The van der Waals surface area contributed by atoms with Crippen molar-refractivity contribution in [3.8, 4) is 10.4 Å². The quantitative estimate of drug-likeness (QED) is 0.749. The summed E-state index contributed by atoms with van der Waals surface area (Å²) in [4.78, 5) is 22.8. The fraction of sp³-hybridized carbons (Fsp3) is 0.200. The maximum absolute atomic E-state index is 11.0. The van der Waals surface area contributed by atoms with Gasteiger partial charge in [0, 0.05) is 21.4 Å². The van der Waals surface area contributed by atoms with E-state index in [-0.39, 0.29) is 23.8 Å². The Balaban J connectivity index is 2.41. The minimum Gasteiger partial charge on any atom is -0.481 e. The van der Waals surface area contributed by atoms with Crippen LogP contribution in [0.5, 0.6) is 0 Å². The van der Waals surface area contributed by atoms with Crippen LogP contribution in [0.15, 0.2) is 30.3 Å². The number of aliphatic carboxylic acids is 1. The summed E-state index contributed by atoms with van der Waals surface area (Å²) >= 11 is 7.30. The molecule has 2 aromatic rings. The minimum absolute atomic E-state index is 0.0671. The minimum atomic E-state index is -0.991. The van der Waals surface area contributed by atoms with Crippen LogP contribution >= 0.6 is 22.9 Å². The average molecular weight is 340 g/mol. The third kappa shape index (κ3) is 3.65. The van der Waals surface area contributed by atoms with Gasteiger partial charge in [0.1, 0.15) is 4.88 Å². The van der Waals surface area contributed by atoms with Crippen LogP contribution in [0.3, 0.4) is 0 Å². The molecule has 0 radical (unpaired) electrons. The van der Waals surface area contributed by atoms with E-state index in [1.165, 1.54) is 6.07 Å². The van der Waals surface area contributed by atoms with Gasteiger partial charge in [-0.3, -0.25) is 4.79 Å². The second-order valence-electron chi connectivity index (χ2n) is 4.74. The molecule has 4 N–H and O–H groups in total. The highest BCUT2D eigenvalue weighted by molar-refractivity contribution is 7.17. The molecule has 1 atom stereocenters. The number of carboxylic acids is 2. The van der Waals surface area contributed by atoms with Crippen molar-refractivity contribution < 1.29 is 19.8 Å². The van der Waals surface area contributed by atoms with E-state index in [9.17, 15) is 9.59 Å². The number of aromatic carboxylic acids is 1. The molecule has 0 unspecified atom stereocenters. The number of hydrogen-bond acceptors (Lipinski definition) is 4. The van der Waals surface area contributed by atoms with Crippen molar-refractivity contribution in [1.29, 1.82) is 0 Å². The molecule has 2 rings (SSSR count). The molecule has 0 aliphatic carbocycles. The van der Waals surface area contributed by atoms with Gasteiger partial charge in [-0.2, -0.15) is 0 Å². The number of thiophene rings is 1. The van der Waals surface area contributed by atoms with Crippen LogP contribution in [0.25, 0.3) is 10.4 Å². The van der Waals surface area contributed by atoms with Gasteiger partial charge in [0.25, 0.3) is 0 Å². The molecule has 0 fully saturated rings. The van der Waals surface area contributed by atoms with Crippen LogP contribution in [0.1, 0.15) is 27.6 Å². The third-order valence-electron chi connectivity index (χ3n) is 3.25. The van der Waals surface area contributed by atoms with E-state index >= 15 is 0 Å². The zero-order valence-corrected chi connectivity index (χ0v) is 13.0. The maximum atomic E-state index is 11.0. The van der Waals surface area contributed by atoms with Crippen molar-refractivity contribution in [2.45, 2.75) is 12.3 Å². The Morgan fingerprint density at radius 2 is 1.95 bits per heavy atom. The molecule has 0 saturated heterocycles. The first kappa shape index (κ1) is 16.5. The van der Waals surface area contributed by atoms with Crippen LogP contribution in [-0.2, 0) is 4.79 Å². The van der Waals surface area contributed by atoms with Gasteiger partial charge in [-0.15, -0.1) is 11.3 Å². The van der Waals surface area contributed by atoms with Gasteiger partial charge >= 0.3 is 11.9 Å². The molecule has 116 valence electrons. The van der Waals surface area contributed by atoms with Crippen LogP contribution in [0.2, 0.25) is 5.02 Å². The van der Waals surface area contributed by atoms with Crippen molar-refractivity contribution in [2.24, 2.45) is 5.73 Å². The first-order chi connectivity index (χ1) is 10.4. The summed E-state index contributed by atoms with van der Waals surface area (Å²) < 4.78 is 0. The summed E-state index contributed by atoms with van der Waals surface area (Å²) in [5.74, 6) is -2.22. The Bertz CT molecular complexity index is 713. The predicted octanol–water partition coefficient (Wildman–Crippen LogP) is 3.28. The molecule has 1 aromatic carbocycles. The second-order valence-corrected chi connectivity index (χ2v) is 6.23. The lowest BCUT2D eigenvalue weighted by Gasteiger charge is -2.14. The molecule has 0 aliphatic heterocycles. The summed E-state index contributed by atoms with van der Waals surface area (Å²) in [6.07, 6.45) is -0.0671. The lowest BCUT2D eigenvalue weighted by atomic mass is 9.94. The van der Waals surface area contributed by atoms with E-state index in [0.717, 1.165) is 21.8 Å². The Kier molecular flexibility index (Phi) is 5.18. The number of benzene rings is 1. The highest BCUT2D eigenvalue weighted by Crippen LogP contribution is 2.36. The second kappa shape index (κ2) is 6.91. The van der Waals surface area contributed by atoms with Gasteiger partial charge in [0.05, 0.1) is 6.42 Å². The van der Waals surface area contributed by atoms with Crippen molar-refractivity contribution >= 4 is 34.9 Å². The lowest BCUT2D eigenvalue weighted by Crippen LogP contribution is -2.16. The van der Waals surface area contributed by atoms with Crippen molar-refractivity contribution in [3.63, 3.8) is 0 Å². The summed E-state index contributed by atoms with van der Waals surface area (Å²) in [6, 6.07) is 8.41. The highest BCUT2D eigenvalue weighted by Gasteiger charge is 2.17. The van der Waals surface area contributed by atoms with Crippen LogP contribution in [-0.4, -0.2) is 28.7 Å². The van der Waals surface area contributed by atoms with Gasteiger partial charge < -0.3 is 15.9 Å². The van der Waals surface area contributed by atoms with E-state index in [0.29, 0.717) is 10.6 Å². The molecule has 7 heteroatoms. The summed E-state index contributed by atoms with van der Waals surface area (Å²) in [7, 11) is 0. The summed E-state index contributed by atoms with van der Waals surface area (Å²) in [5.41, 5.74) is 7.11. The number of halogens is 1. The molecule has 5 nitrogen and oxygen atoms in total. The normalized spacial score (nSPS) is 12.1. The number of carboxylic acid groups (broad SMARTS) is 2. The number of hydrogen-bond donors (Lipinski definition) is 3. The molecule has 0 spiro atoms. The topological polar surface area (TPSA) is 101 Å². The van der Waals surface area contributed by atoms with Gasteiger partial charge in [-0.1, -0.05) is 17.7 Å². The van der Waals surface area contributed by atoms with Crippen LogP contribution < -0.4 is 5.73 Å². The SMILES string of the molecule is NC[C@H](CC(=O)O)c1ccc(Cl)c(-c2ccc(C(=O)O)s2)c1. The smallest absolute Gasteiger partial charge is 0.345 e. The van der Waals surface area contributed by atoms with Crippen molar-refractivity contribution in [3.05, 3.63) is 45.8 Å². The Labute approximate surface area is 136 Å². The van der Waals surface area contributed by atoms with Gasteiger partial charge in [-0.05, 0) is 36.4 Å². The molecular weight excluding hydrogens is 326 g/mol. The standard InChI is InChI=1S/C15H14ClNO4S/c16-11-2-1-8(9(7-17)6-14(18)19)5-10(11)12-3-4-13(22-12)15(20)21/h1-5,9H,6-7,17H2,(H,18,19)(H,20,21)/t9-/m0/s1. The summed E-state index contributed by atoms with van der Waals surface area (Å²) in [5, 5.41) is 18.4. The Morgan fingerprint density at radius 3 is 2.50 bits per heavy atom. The van der Waals surface area contributed by atoms with E-state index < -0.39 is 11.9 Å². The zero-order chi connectivity index (χ0) is 16.3. The van der Waals surface area contributed by atoms with Crippen molar-refractivity contribution in [1.82, 2.24) is 0 Å². The van der Waals surface area contributed by atoms with Crippen LogP contribution in [0, 0.1) is 0 Å². The molecule has 22 heavy (non-hydrogen) atoms. The first-order valence-electron chi connectivity index (χ1n) is 6.47. The molecule has 0 amide bonds. The monoisotopic (exact) mass is 339 g/mol. The van der Waals surface area contributed by atoms with Gasteiger partial charge in [0.2, 0.25) is 0 Å². The zero-order valence-electron chi connectivity index (χ0n) is 11.5. The van der Waals surface area contributed by atoms with E-state index in [1.807, 2.05) is 0 Å². The third-order valence-corrected chi connectivity index (χ3v) is 4.69. The number of nitrogens with two attached hydrogens (primary N) is 1. The fourth-order valence-corrected chi connectivity index (χ4v) is 3.28. The van der Waals surface area contributed by atoms with Crippen molar-refractivity contribution in [2.75, 3.05) is 6.54 Å².